The molecule has 0 saturated carbocycles. The van der Waals surface area contributed by atoms with E-state index in [0.717, 1.165) is 0 Å². The quantitative estimate of drug-likeness (QED) is 0.350. The van der Waals surface area contributed by atoms with Gasteiger partial charge in [0, 0.05) is 35.8 Å². The van der Waals surface area contributed by atoms with Crippen molar-refractivity contribution in [2.24, 2.45) is 5.92 Å². The minimum absolute atomic E-state index is 0.00147. The highest BCUT2D eigenvalue weighted by molar-refractivity contribution is 7.92. The number of amides is 1. The van der Waals surface area contributed by atoms with Crippen LogP contribution in [0.4, 0.5) is 11.4 Å². The molecule has 13 heteroatoms. The number of methoxy groups -OCH3 is 2. The molecule has 1 aliphatic heterocycles. The number of benzene rings is 3. The minimum atomic E-state index is -3.93. The Bertz CT molecular complexity index is 1570. The van der Waals surface area contributed by atoms with Crippen LogP contribution in [0.1, 0.15) is 18.4 Å². The Labute approximate surface area is 239 Å². The van der Waals surface area contributed by atoms with Crippen molar-refractivity contribution in [1.82, 2.24) is 4.31 Å². The smallest absolute Gasteiger partial charge is 0.262 e. The molecule has 10 nitrogen and oxygen atoms in total. The molecule has 40 heavy (non-hydrogen) atoms. The summed E-state index contributed by atoms with van der Waals surface area (Å²) in [7, 11) is -4.55. The summed E-state index contributed by atoms with van der Waals surface area (Å²) < 4.78 is 65.8. The van der Waals surface area contributed by atoms with E-state index in [-0.39, 0.29) is 41.3 Å². The maximum absolute atomic E-state index is 12.9. The number of nitrogens with one attached hydrogen (secondary N) is 2. The van der Waals surface area contributed by atoms with Gasteiger partial charge in [0.25, 0.3) is 10.0 Å². The summed E-state index contributed by atoms with van der Waals surface area (Å²) in [6.45, 7) is 0.470. The van der Waals surface area contributed by atoms with Crippen molar-refractivity contribution in [1.29, 1.82) is 0 Å². The Hall–Kier alpha value is -3.32. The number of ether oxygens (including phenoxy) is 2. The molecule has 1 amide bonds. The number of rotatable bonds is 10. The summed E-state index contributed by atoms with van der Waals surface area (Å²) in [4.78, 5) is 12.9. The molecule has 1 saturated heterocycles. The molecule has 0 spiro atoms. The monoisotopic (exact) mass is 607 g/mol. The van der Waals surface area contributed by atoms with Crippen LogP contribution >= 0.6 is 11.6 Å². The molecule has 0 aromatic heterocycles. The van der Waals surface area contributed by atoms with Gasteiger partial charge in [-0.3, -0.25) is 9.52 Å². The highest BCUT2D eigenvalue weighted by Gasteiger charge is 2.31. The zero-order chi connectivity index (χ0) is 28.9. The molecule has 0 radical (unpaired) electrons. The predicted molar refractivity (Wildman–Crippen MR) is 154 cm³/mol. The molecule has 214 valence electrons. The number of nitrogens with zero attached hydrogens (tertiary/aromatic N) is 1. The summed E-state index contributed by atoms with van der Waals surface area (Å²) >= 11 is 5.97. The van der Waals surface area contributed by atoms with E-state index in [2.05, 4.69) is 10.0 Å². The van der Waals surface area contributed by atoms with Gasteiger partial charge in [-0.05, 0) is 66.9 Å². The zero-order valence-electron chi connectivity index (χ0n) is 22.0. The van der Waals surface area contributed by atoms with E-state index in [4.69, 9.17) is 21.1 Å². The first-order valence-corrected chi connectivity index (χ1v) is 15.9. The third-order valence-corrected chi connectivity index (χ3v) is 10.0. The van der Waals surface area contributed by atoms with E-state index in [1.807, 2.05) is 0 Å². The number of piperidine rings is 1. The number of halogens is 1. The molecule has 0 bridgehead atoms. The van der Waals surface area contributed by atoms with Crippen molar-refractivity contribution in [3.8, 4) is 11.5 Å². The van der Waals surface area contributed by atoms with Crippen molar-refractivity contribution < 1.29 is 31.1 Å². The standard InChI is InChI=1S/C27H30ClN3O7S2/c1-37-23-8-11-25(26(17-23)38-2)30-40(35,36)24-9-6-22(7-10-24)29-27(32)20-12-14-31(15-13-20)39(33,34)18-19-4-3-5-21(28)16-19/h3-11,16-17,20,30H,12-15,18H2,1-2H3,(H,29,32). The largest absolute Gasteiger partial charge is 0.497 e. The molecule has 1 fully saturated rings. The van der Waals surface area contributed by atoms with Crippen molar-refractivity contribution in [3.05, 3.63) is 77.3 Å². The van der Waals surface area contributed by atoms with Gasteiger partial charge < -0.3 is 14.8 Å². The van der Waals surface area contributed by atoms with Gasteiger partial charge in [0.2, 0.25) is 15.9 Å². The number of hydrogen-bond donors (Lipinski definition) is 2. The van der Waals surface area contributed by atoms with Crippen molar-refractivity contribution in [2.75, 3.05) is 37.3 Å². The van der Waals surface area contributed by atoms with E-state index in [0.29, 0.717) is 40.6 Å². The van der Waals surface area contributed by atoms with Gasteiger partial charge >= 0.3 is 0 Å². The van der Waals surface area contributed by atoms with Crippen LogP contribution in [0.2, 0.25) is 5.02 Å². The average molecular weight is 608 g/mol. The van der Waals surface area contributed by atoms with Gasteiger partial charge in [0.15, 0.2) is 0 Å². The second-order valence-corrected chi connectivity index (χ2v) is 13.3. The maximum atomic E-state index is 12.9. The highest BCUT2D eigenvalue weighted by Crippen LogP contribution is 2.31. The second kappa shape index (κ2) is 12.5. The normalized spacial score (nSPS) is 14.9. The van der Waals surface area contributed by atoms with Gasteiger partial charge in [-0.2, -0.15) is 0 Å². The lowest BCUT2D eigenvalue weighted by atomic mass is 9.97. The number of sulfonamides is 2. The van der Waals surface area contributed by atoms with Crippen LogP contribution in [0.3, 0.4) is 0 Å². The molecule has 0 unspecified atom stereocenters. The van der Waals surface area contributed by atoms with E-state index < -0.39 is 20.0 Å². The van der Waals surface area contributed by atoms with Crippen LogP contribution in [0.25, 0.3) is 0 Å². The summed E-state index contributed by atoms with van der Waals surface area (Å²) in [6.07, 6.45) is 0.751. The first-order valence-electron chi connectivity index (χ1n) is 12.4. The number of anilines is 2. The lowest BCUT2D eigenvalue weighted by molar-refractivity contribution is -0.120. The Morgan fingerprint density at radius 2 is 1.65 bits per heavy atom. The third-order valence-electron chi connectivity index (χ3n) is 6.54. The second-order valence-electron chi connectivity index (χ2n) is 9.24. The van der Waals surface area contributed by atoms with Crippen molar-refractivity contribution in [2.45, 2.75) is 23.5 Å². The zero-order valence-corrected chi connectivity index (χ0v) is 24.4. The van der Waals surface area contributed by atoms with E-state index in [9.17, 15) is 21.6 Å². The van der Waals surface area contributed by atoms with Gasteiger partial charge in [0.05, 0.1) is 30.6 Å². The van der Waals surface area contributed by atoms with Crippen LogP contribution < -0.4 is 19.5 Å². The van der Waals surface area contributed by atoms with Gasteiger partial charge in [-0.1, -0.05) is 23.7 Å². The van der Waals surface area contributed by atoms with E-state index in [1.165, 1.54) is 48.9 Å². The molecule has 1 aliphatic rings. The third kappa shape index (κ3) is 7.25. The Balaban J connectivity index is 1.33. The van der Waals surface area contributed by atoms with Gasteiger partial charge in [-0.25, -0.2) is 21.1 Å². The SMILES string of the molecule is COc1ccc(NS(=O)(=O)c2ccc(NC(=O)C3CCN(S(=O)(=O)Cc4cccc(Cl)c4)CC3)cc2)c(OC)c1. The highest BCUT2D eigenvalue weighted by atomic mass is 35.5. The summed E-state index contributed by atoms with van der Waals surface area (Å²) in [5, 5.41) is 3.27. The maximum Gasteiger partial charge on any atom is 0.262 e. The molecule has 2 N–H and O–H groups in total. The summed E-state index contributed by atoms with van der Waals surface area (Å²) in [5.41, 5.74) is 1.29. The fraction of sp³-hybridized carbons (Fsp3) is 0.296. The Morgan fingerprint density at radius 3 is 2.27 bits per heavy atom. The Kier molecular flexibility index (Phi) is 9.24. The number of carbonyl (C=O) groups excluding carboxylic acids is 1. The number of hydrogen-bond acceptors (Lipinski definition) is 7. The lowest BCUT2D eigenvalue weighted by Gasteiger charge is -2.30. The number of carbonyl (C=O) groups is 1. The summed E-state index contributed by atoms with van der Waals surface area (Å²) in [5.74, 6) is 0.0495. The lowest BCUT2D eigenvalue weighted by Crippen LogP contribution is -2.41. The predicted octanol–water partition coefficient (Wildman–Crippen LogP) is 4.34. The van der Waals surface area contributed by atoms with Crippen LogP contribution in [0, 0.1) is 5.92 Å². The molecule has 1 heterocycles. The fourth-order valence-corrected chi connectivity index (χ4v) is 7.21. The van der Waals surface area contributed by atoms with Crippen molar-refractivity contribution in [3.63, 3.8) is 0 Å². The van der Waals surface area contributed by atoms with Gasteiger partial charge in [0.1, 0.15) is 11.5 Å². The van der Waals surface area contributed by atoms with Crippen LogP contribution in [0.5, 0.6) is 11.5 Å². The van der Waals surface area contributed by atoms with Crippen LogP contribution in [-0.4, -0.2) is 54.4 Å². The van der Waals surface area contributed by atoms with Crippen LogP contribution in [-0.2, 0) is 30.6 Å². The summed E-state index contributed by atoms with van der Waals surface area (Å²) in [6, 6.07) is 17.2. The fourth-order valence-electron chi connectivity index (χ4n) is 4.37. The van der Waals surface area contributed by atoms with E-state index >= 15 is 0 Å². The molecular formula is C27H30ClN3O7S2. The first kappa shape index (κ1) is 29.7. The minimum Gasteiger partial charge on any atom is -0.497 e. The average Bonchev–Trinajstić information content (AvgIpc) is 2.93. The topological polar surface area (TPSA) is 131 Å². The van der Waals surface area contributed by atoms with E-state index in [1.54, 1.807) is 36.4 Å². The molecule has 3 aromatic carbocycles. The van der Waals surface area contributed by atoms with Crippen molar-refractivity contribution >= 4 is 48.9 Å². The molecule has 4 rings (SSSR count). The molecular weight excluding hydrogens is 578 g/mol. The molecule has 3 aromatic rings. The van der Waals surface area contributed by atoms with Crippen LogP contribution in [0.15, 0.2) is 71.6 Å². The Morgan fingerprint density at radius 1 is 0.950 bits per heavy atom. The molecule has 0 atom stereocenters. The molecule has 0 aliphatic carbocycles. The first-order chi connectivity index (χ1) is 19.0. The van der Waals surface area contributed by atoms with Gasteiger partial charge in [-0.15, -0.1) is 0 Å².